The van der Waals surface area contributed by atoms with Crippen molar-refractivity contribution in [1.29, 1.82) is 0 Å². The highest BCUT2D eigenvalue weighted by Crippen LogP contribution is 2.00. The summed E-state index contributed by atoms with van der Waals surface area (Å²) in [6, 6.07) is 0. The van der Waals surface area contributed by atoms with Crippen molar-refractivity contribution in [3.05, 3.63) is 0 Å². The first-order chi connectivity index (χ1) is 4.70. The fourth-order valence-electron chi connectivity index (χ4n) is 0.316. The second kappa shape index (κ2) is 5.10. The van der Waals surface area contributed by atoms with Crippen molar-refractivity contribution < 1.29 is 9.59 Å². The summed E-state index contributed by atoms with van der Waals surface area (Å²) in [6.07, 6.45) is 0. The number of rotatable bonds is 1. The molecule has 0 aliphatic rings. The van der Waals surface area contributed by atoms with Gasteiger partial charge in [0, 0.05) is 25.4 Å². The van der Waals surface area contributed by atoms with Crippen LogP contribution in [0.3, 0.4) is 0 Å². The van der Waals surface area contributed by atoms with Crippen molar-refractivity contribution in [2.45, 2.75) is 6.92 Å². The van der Waals surface area contributed by atoms with Gasteiger partial charge in [0.15, 0.2) is 0 Å². The molecule has 58 valence electrons. The SMILES string of the molecule is CCNC(=O)SC(=O)NC. The van der Waals surface area contributed by atoms with Crippen LogP contribution in [-0.2, 0) is 0 Å². The van der Waals surface area contributed by atoms with Gasteiger partial charge in [0.2, 0.25) is 0 Å². The van der Waals surface area contributed by atoms with Crippen LogP contribution in [0.4, 0.5) is 9.59 Å². The largest absolute Gasteiger partial charge is 0.350 e. The Morgan fingerprint density at radius 2 is 2.00 bits per heavy atom. The fraction of sp³-hybridized carbons (Fsp3) is 0.600. The molecular weight excluding hydrogens is 152 g/mol. The molecule has 2 amide bonds. The summed E-state index contributed by atoms with van der Waals surface area (Å²) in [5.74, 6) is 0. The first kappa shape index (κ1) is 9.29. The lowest BCUT2D eigenvalue weighted by molar-refractivity contribution is 0.258. The van der Waals surface area contributed by atoms with Crippen LogP contribution < -0.4 is 10.6 Å². The maximum absolute atomic E-state index is 10.6. The highest BCUT2D eigenvalue weighted by atomic mass is 32.2. The molecule has 0 aliphatic heterocycles. The summed E-state index contributed by atoms with van der Waals surface area (Å²) in [5, 5.41) is 4.13. The van der Waals surface area contributed by atoms with Gasteiger partial charge in [-0.15, -0.1) is 0 Å². The molecule has 0 rings (SSSR count). The zero-order valence-corrected chi connectivity index (χ0v) is 6.75. The third-order valence-corrected chi connectivity index (χ3v) is 1.43. The third kappa shape index (κ3) is 4.20. The van der Waals surface area contributed by atoms with E-state index in [1.807, 2.05) is 0 Å². The van der Waals surface area contributed by atoms with Gasteiger partial charge in [0.1, 0.15) is 0 Å². The Hall–Kier alpha value is -0.710. The van der Waals surface area contributed by atoms with E-state index < -0.39 is 0 Å². The predicted octanol–water partition coefficient (Wildman–Crippen LogP) is 0.789. The summed E-state index contributed by atoms with van der Waals surface area (Å²) in [4.78, 5) is 21.1. The number of carbonyl (C=O) groups is 2. The van der Waals surface area contributed by atoms with Gasteiger partial charge in [-0.2, -0.15) is 0 Å². The van der Waals surface area contributed by atoms with Crippen LogP contribution in [0.25, 0.3) is 0 Å². The Morgan fingerprint density at radius 3 is 2.40 bits per heavy atom. The normalized spacial score (nSPS) is 8.60. The molecule has 0 saturated heterocycles. The summed E-state index contributed by atoms with van der Waals surface area (Å²) in [5.41, 5.74) is 0. The van der Waals surface area contributed by atoms with Crippen molar-refractivity contribution in [2.24, 2.45) is 0 Å². The number of carbonyl (C=O) groups excluding carboxylic acids is 2. The van der Waals surface area contributed by atoms with Gasteiger partial charge in [0.05, 0.1) is 0 Å². The fourth-order valence-corrected chi connectivity index (χ4v) is 0.803. The van der Waals surface area contributed by atoms with Gasteiger partial charge in [-0.1, -0.05) is 0 Å². The third-order valence-electron chi connectivity index (χ3n) is 0.711. The van der Waals surface area contributed by atoms with Gasteiger partial charge in [-0.3, -0.25) is 9.59 Å². The smallest absolute Gasteiger partial charge is 0.288 e. The highest BCUT2D eigenvalue weighted by Gasteiger charge is 2.05. The van der Waals surface area contributed by atoms with E-state index in [0.29, 0.717) is 18.3 Å². The minimum Gasteiger partial charge on any atom is -0.350 e. The molecule has 5 heteroatoms. The van der Waals surface area contributed by atoms with E-state index in [1.54, 1.807) is 6.92 Å². The molecule has 0 bridgehead atoms. The van der Waals surface area contributed by atoms with Gasteiger partial charge < -0.3 is 10.6 Å². The van der Waals surface area contributed by atoms with E-state index in [0.717, 1.165) is 0 Å². The second-order valence-corrected chi connectivity index (χ2v) is 2.40. The van der Waals surface area contributed by atoms with E-state index in [-0.39, 0.29) is 10.5 Å². The predicted molar refractivity (Wildman–Crippen MR) is 41.1 cm³/mol. The summed E-state index contributed by atoms with van der Waals surface area (Å²) in [7, 11) is 1.48. The maximum Gasteiger partial charge on any atom is 0.288 e. The van der Waals surface area contributed by atoms with Crippen LogP contribution in [0.2, 0.25) is 0 Å². The van der Waals surface area contributed by atoms with Crippen LogP contribution >= 0.6 is 11.8 Å². The van der Waals surface area contributed by atoms with Crippen LogP contribution in [0, 0.1) is 0 Å². The monoisotopic (exact) mass is 162 g/mol. The zero-order chi connectivity index (χ0) is 7.98. The molecule has 0 saturated carbocycles. The number of amides is 2. The van der Waals surface area contributed by atoms with E-state index in [1.165, 1.54) is 7.05 Å². The number of hydrogen-bond acceptors (Lipinski definition) is 3. The number of hydrogen-bond donors (Lipinski definition) is 2. The van der Waals surface area contributed by atoms with Gasteiger partial charge in [0.25, 0.3) is 10.5 Å². The lowest BCUT2D eigenvalue weighted by Crippen LogP contribution is -2.22. The Balaban J connectivity index is 3.47. The molecule has 0 unspecified atom stereocenters. The molecule has 0 spiro atoms. The van der Waals surface area contributed by atoms with Gasteiger partial charge in [-0.05, 0) is 6.92 Å². The molecule has 0 aromatic rings. The van der Waals surface area contributed by atoms with Crippen LogP contribution in [-0.4, -0.2) is 24.1 Å². The highest BCUT2D eigenvalue weighted by molar-refractivity contribution is 8.26. The molecule has 0 aliphatic carbocycles. The summed E-state index contributed by atoms with van der Waals surface area (Å²) < 4.78 is 0. The van der Waals surface area contributed by atoms with E-state index in [2.05, 4.69) is 10.6 Å². The Kier molecular flexibility index (Phi) is 4.74. The number of thioether (sulfide) groups is 1. The Bertz CT molecular complexity index is 138. The van der Waals surface area contributed by atoms with Crippen LogP contribution in [0.15, 0.2) is 0 Å². The molecule has 0 atom stereocenters. The van der Waals surface area contributed by atoms with Crippen LogP contribution in [0.5, 0.6) is 0 Å². The van der Waals surface area contributed by atoms with E-state index in [9.17, 15) is 9.59 Å². The first-order valence-electron chi connectivity index (χ1n) is 2.88. The average molecular weight is 162 g/mol. The van der Waals surface area contributed by atoms with Crippen LogP contribution in [0.1, 0.15) is 6.92 Å². The molecule has 0 radical (unpaired) electrons. The first-order valence-corrected chi connectivity index (χ1v) is 3.69. The summed E-state index contributed by atoms with van der Waals surface area (Å²) >= 11 is 0.624. The average Bonchev–Trinajstić information content (AvgIpc) is 1.88. The molecule has 0 fully saturated rings. The van der Waals surface area contributed by atoms with Gasteiger partial charge in [-0.25, -0.2) is 0 Å². The van der Waals surface area contributed by atoms with Crippen molar-refractivity contribution >= 4 is 22.2 Å². The second-order valence-electron chi connectivity index (χ2n) is 1.46. The lowest BCUT2D eigenvalue weighted by atomic mass is 10.8. The minimum absolute atomic E-state index is 0.318. The molecule has 0 aromatic heterocycles. The zero-order valence-electron chi connectivity index (χ0n) is 5.93. The van der Waals surface area contributed by atoms with Crippen molar-refractivity contribution in [2.75, 3.05) is 13.6 Å². The van der Waals surface area contributed by atoms with Crippen molar-refractivity contribution in [3.8, 4) is 0 Å². The quantitative estimate of drug-likeness (QED) is 0.599. The molecular formula is C5H10N2O2S. The van der Waals surface area contributed by atoms with E-state index in [4.69, 9.17) is 0 Å². The minimum atomic E-state index is -0.342. The number of nitrogens with one attached hydrogen (secondary N) is 2. The summed E-state index contributed by atoms with van der Waals surface area (Å²) in [6.45, 7) is 2.34. The van der Waals surface area contributed by atoms with Crippen molar-refractivity contribution in [1.82, 2.24) is 10.6 Å². The maximum atomic E-state index is 10.6. The molecule has 0 aromatic carbocycles. The van der Waals surface area contributed by atoms with Crippen molar-refractivity contribution in [3.63, 3.8) is 0 Å². The van der Waals surface area contributed by atoms with E-state index >= 15 is 0 Å². The Morgan fingerprint density at radius 1 is 1.40 bits per heavy atom. The lowest BCUT2D eigenvalue weighted by Gasteiger charge is -1.98. The standard InChI is InChI=1S/C5H10N2O2S/c1-3-7-5(9)10-4(8)6-2/h3H2,1-2H3,(H,6,8)(H,7,9). The van der Waals surface area contributed by atoms with Gasteiger partial charge >= 0.3 is 0 Å². The molecule has 10 heavy (non-hydrogen) atoms. The molecule has 2 N–H and O–H groups in total. The topological polar surface area (TPSA) is 58.2 Å². The molecule has 0 heterocycles. The Labute approximate surface area is 63.7 Å². The molecule has 4 nitrogen and oxygen atoms in total.